The lowest BCUT2D eigenvalue weighted by Crippen LogP contribution is -2.50. The molecule has 0 radical (unpaired) electrons. The van der Waals surface area contributed by atoms with E-state index in [1.54, 1.807) is 34.6 Å². The SMILES string of the molecule is CC(C)(C)OC(=O)N1[C@H](CF)[C@@H](c2ccc(S(C)(=O)=NC(=O)C(F)(F)F)cc2)OC1(C)C. The Balaban J connectivity index is 2.36. The van der Waals surface area contributed by atoms with Gasteiger partial charge in [-0.2, -0.15) is 13.2 Å². The van der Waals surface area contributed by atoms with E-state index in [-0.39, 0.29) is 4.90 Å². The third-order valence-corrected chi connectivity index (χ3v) is 6.23. The van der Waals surface area contributed by atoms with Crippen LogP contribution in [0.3, 0.4) is 0 Å². The topological polar surface area (TPSA) is 85.3 Å². The van der Waals surface area contributed by atoms with Crippen LogP contribution in [-0.4, -0.2) is 57.6 Å². The smallest absolute Gasteiger partial charge is 0.444 e. The Labute approximate surface area is 184 Å². The van der Waals surface area contributed by atoms with Gasteiger partial charge in [0.05, 0.1) is 15.8 Å². The van der Waals surface area contributed by atoms with Gasteiger partial charge in [0.2, 0.25) is 0 Å². The second kappa shape index (κ2) is 8.62. The summed E-state index contributed by atoms with van der Waals surface area (Å²) in [6, 6.07) is 4.19. The molecule has 1 aromatic rings. The summed E-state index contributed by atoms with van der Waals surface area (Å²) in [5.74, 6) is -2.44. The first-order valence-corrected chi connectivity index (χ1v) is 11.5. The van der Waals surface area contributed by atoms with E-state index < -0.39 is 58.1 Å². The van der Waals surface area contributed by atoms with Crippen molar-refractivity contribution < 1.29 is 40.8 Å². The van der Waals surface area contributed by atoms with E-state index in [2.05, 4.69) is 4.36 Å². The number of carbonyl (C=O) groups excluding carboxylic acids is 2. The van der Waals surface area contributed by atoms with Gasteiger partial charge in [0, 0.05) is 11.2 Å². The third kappa shape index (κ3) is 5.77. The Morgan fingerprint density at radius 2 is 1.72 bits per heavy atom. The first-order chi connectivity index (χ1) is 14.4. The summed E-state index contributed by atoms with van der Waals surface area (Å²) in [4.78, 5) is 24.8. The maximum atomic E-state index is 14.0. The number of alkyl halides is 4. The molecule has 1 saturated heterocycles. The van der Waals surface area contributed by atoms with Gasteiger partial charge in [-0.05, 0) is 52.3 Å². The summed E-state index contributed by atoms with van der Waals surface area (Å²) in [6.45, 7) is 7.23. The predicted molar refractivity (Wildman–Crippen MR) is 108 cm³/mol. The fraction of sp³-hybridized carbons (Fsp3) is 0.600. The zero-order valence-electron chi connectivity index (χ0n) is 18.5. The molecule has 0 aliphatic carbocycles. The quantitative estimate of drug-likeness (QED) is 0.587. The molecule has 2 rings (SSSR count). The maximum absolute atomic E-state index is 14.0. The molecule has 12 heteroatoms. The van der Waals surface area contributed by atoms with Crippen LogP contribution in [0.1, 0.15) is 46.3 Å². The molecule has 1 aliphatic heterocycles. The van der Waals surface area contributed by atoms with Crippen molar-refractivity contribution in [2.45, 2.75) is 69.2 Å². The van der Waals surface area contributed by atoms with Crippen LogP contribution >= 0.6 is 0 Å². The Morgan fingerprint density at radius 3 is 2.16 bits per heavy atom. The van der Waals surface area contributed by atoms with Crippen LogP contribution in [0.4, 0.5) is 22.4 Å². The molecule has 0 N–H and O–H groups in total. The van der Waals surface area contributed by atoms with Crippen molar-refractivity contribution >= 4 is 21.7 Å². The van der Waals surface area contributed by atoms with Gasteiger partial charge in [-0.1, -0.05) is 12.1 Å². The minimum atomic E-state index is -5.23. The summed E-state index contributed by atoms with van der Waals surface area (Å²) < 4.78 is 78.0. The Morgan fingerprint density at radius 1 is 1.19 bits per heavy atom. The van der Waals surface area contributed by atoms with E-state index in [1.165, 1.54) is 24.3 Å². The number of halogens is 4. The van der Waals surface area contributed by atoms with E-state index in [0.29, 0.717) is 5.56 Å². The van der Waals surface area contributed by atoms with E-state index in [1.807, 2.05) is 0 Å². The van der Waals surface area contributed by atoms with Crippen LogP contribution in [0.5, 0.6) is 0 Å². The van der Waals surface area contributed by atoms with Gasteiger partial charge < -0.3 is 9.47 Å². The Hall–Kier alpha value is -2.21. The van der Waals surface area contributed by atoms with Gasteiger partial charge in [-0.3, -0.25) is 9.69 Å². The molecular weight excluding hydrogens is 456 g/mol. The fourth-order valence-corrected chi connectivity index (χ4v) is 4.43. The fourth-order valence-electron chi connectivity index (χ4n) is 3.26. The minimum absolute atomic E-state index is 0.114. The van der Waals surface area contributed by atoms with E-state index >= 15 is 0 Å². The van der Waals surface area contributed by atoms with Crippen molar-refractivity contribution in [1.29, 1.82) is 0 Å². The van der Waals surface area contributed by atoms with Crippen molar-refractivity contribution in [3.8, 4) is 0 Å². The molecule has 1 heterocycles. The molecular formula is C20H26F4N2O5S. The molecule has 1 aliphatic rings. The van der Waals surface area contributed by atoms with Crippen LogP contribution in [0.25, 0.3) is 0 Å². The molecule has 0 saturated carbocycles. The average Bonchev–Trinajstić information content (AvgIpc) is 2.89. The second-order valence-electron chi connectivity index (χ2n) is 8.82. The molecule has 0 aromatic heterocycles. The standard InChI is InChI=1S/C20H26F4N2O5S/c1-18(2,3)31-17(28)26-14(11-21)15(30-19(26,4)5)12-7-9-13(10-8-12)32(6,29)25-16(27)20(22,23)24/h7-10,14-15H,11H2,1-6H3/t14-,15-,32?/m1/s1. The number of ether oxygens (including phenoxy) is 2. The lowest BCUT2D eigenvalue weighted by Gasteiger charge is -2.34. The highest BCUT2D eigenvalue weighted by molar-refractivity contribution is 7.93. The molecule has 2 amide bonds. The van der Waals surface area contributed by atoms with Crippen molar-refractivity contribution in [3.05, 3.63) is 29.8 Å². The van der Waals surface area contributed by atoms with Gasteiger partial charge in [0.15, 0.2) is 0 Å². The molecule has 180 valence electrons. The number of carbonyl (C=O) groups is 2. The van der Waals surface area contributed by atoms with Gasteiger partial charge in [-0.15, -0.1) is 4.36 Å². The van der Waals surface area contributed by atoms with E-state index in [4.69, 9.17) is 9.47 Å². The van der Waals surface area contributed by atoms with Crippen LogP contribution in [0, 0.1) is 0 Å². The number of hydrogen-bond donors (Lipinski definition) is 0. The molecule has 0 spiro atoms. The monoisotopic (exact) mass is 482 g/mol. The average molecular weight is 482 g/mol. The zero-order valence-corrected chi connectivity index (χ0v) is 19.3. The van der Waals surface area contributed by atoms with Gasteiger partial charge in [0.1, 0.15) is 24.1 Å². The van der Waals surface area contributed by atoms with E-state index in [0.717, 1.165) is 11.2 Å². The first kappa shape index (κ1) is 26.0. The van der Waals surface area contributed by atoms with Gasteiger partial charge in [0.25, 0.3) is 0 Å². The second-order valence-corrected chi connectivity index (χ2v) is 11.1. The summed E-state index contributed by atoms with van der Waals surface area (Å²) in [5, 5.41) is 0. The predicted octanol–water partition coefficient (Wildman–Crippen LogP) is 4.61. The molecule has 0 bridgehead atoms. The van der Waals surface area contributed by atoms with Crippen molar-refractivity contribution in [1.82, 2.24) is 4.90 Å². The zero-order chi connectivity index (χ0) is 24.7. The minimum Gasteiger partial charge on any atom is -0.444 e. The largest absolute Gasteiger partial charge is 0.474 e. The van der Waals surface area contributed by atoms with Crippen molar-refractivity contribution in [2.24, 2.45) is 4.36 Å². The Kier molecular flexibility index (Phi) is 7.02. The molecule has 32 heavy (non-hydrogen) atoms. The van der Waals surface area contributed by atoms with Crippen LogP contribution in [0.2, 0.25) is 0 Å². The summed E-state index contributed by atoms with van der Waals surface area (Å²) >= 11 is 0. The normalized spacial score (nSPS) is 22.9. The third-order valence-electron chi connectivity index (χ3n) is 4.57. The van der Waals surface area contributed by atoms with Gasteiger partial charge >= 0.3 is 18.2 Å². The number of nitrogens with zero attached hydrogens (tertiary/aromatic N) is 2. The first-order valence-electron chi connectivity index (χ1n) is 9.58. The number of hydrogen-bond acceptors (Lipinski definition) is 5. The maximum Gasteiger partial charge on any atom is 0.474 e. The molecule has 1 fully saturated rings. The van der Waals surface area contributed by atoms with Crippen molar-refractivity contribution in [3.63, 3.8) is 0 Å². The van der Waals surface area contributed by atoms with Gasteiger partial charge in [-0.25, -0.2) is 13.4 Å². The lowest BCUT2D eigenvalue weighted by molar-refractivity contribution is -0.169. The number of rotatable bonds is 3. The molecule has 1 unspecified atom stereocenters. The van der Waals surface area contributed by atoms with Crippen LogP contribution in [-0.2, 0) is 24.0 Å². The summed E-state index contributed by atoms with van der Waals surface area (Å²) in [7, 11) is -3.66. The highest BCUT2D eigenvalue weighted by Gasteiger charge is 2.51. The van der Waals surface area contributed by atoms with Crippen molar-refractivity contribution in [2.75, 3.05) is 12.9 Å². The number of benzene rings is 1. The summed E-state index contributed by atoms with van der Waals surface area (Å²) in [5.41, 5.74) is -1.63. The molecule has 7 nitrogen and oxygen atoms in total. The summed E-state index contributed by atoms with van der Waals surface area (Å²) in [6.07, 6.45) is -6.00. The highest BCUT2D eigenvalue weighted by atomic mass is 32.2. The van der Waals surface area contributed by atoms with Crippen LogP contribution in [0.15, 0.2) is 33.5 Å². The molecule has 3 atom stereocenters. The Bertz CT molecular complexity index is 993. The van der Waals surface area contributed by atoms with E-state index in [9.17, 15) is 31.4 Å². The molecule has 1 aromatic carbocycles. The van der Waals surface area contributed by atoms with Crippen LogP contribution < -0.4 is 0 Å². The lowest BCUT2D eigenvalue weighted by atomic mass is 10.0. The highest BCUT2D eigenvalue weighted by Crippen LogP contribution is 2.42. The number of amides is 2.